The van der Waals surface area contributed by atoms with Gasteiger partial charge in [0.1, 0.15) is 23.9 Å². The molecule has 4 heteroatoms. The Balaban J connectivity index is 1.53. The molecule has 3 nitrogen and oxygen atoms in total. The van der Waals surface area contributed by atoms with E-state index in [1.54, 1.807) is 18.2 Å². The fraction of sp³-hybridized carbons (Fsp3) is 0.312. The molecule has 0 aliphatic rings. The van der Waals surface area contributed by atoms with E-state index in [1.165, 1.54) is 18.9 Å². The number of ether oxygens (including phenoxy) is 1. The van der Waals surface area contributed by atoms with E-state index in [4.69, 9.17) is 4.74 Å². The van der Waals surface area contributed by atoms with Crippen molar-refractivity contribution in [2.24, 2.45) is 0 Å². The molecule has 0 aliphatic heterocycles. The topological polar surface area (TPSA) is 32.7 Å². The summed E-state index contributed by atoms with van der Waals surface area (Å²) >= 11 is 0. The number of hydrogen-bond acceptors (Lipinski definition) is 3. The quantitative estimate of drug-likeness (QED) is 0.222. The fourth-order valence-electron chi connectivity index (χ4n) is 4.74. The molecular formula is C32H36FNO2. The molecule has 0 unspecified atom stereocenters. The highest BCUT2D eigenvalue weighted by Crippen LogP contribution is 2.35. The maximum atomic E-state index is 14.7. The van der Waals surface area contributed by atoms with E-state index >= 15 is 0 Å². The van der Waals surface area contributed by atoms with Crippen LogP contribution in [0.25, 0.3) is 21.9 Å². The second-order valence-corrected chi connectivity index (χ2v) is 9.34. The Hall–Kier alpha value is -3.37. The van der Waals surface area contributed by atoms with Gasteiger partial charge in [-0.1, -0.05) is 68.8 Å². The minimum atomic E-state index is -0.239. The summed E-state index contributed by atoms with van der Waals surface area (Å²) < 4.78 is 20.8. The number of fused-ring (bicyclic) bond motifs is 1. The summed E-state index contributed by atoms with van der Waals surface area (Å²) in [6.45, 7) is 8.28. The van der Waals surface area contributed by atoms with Crippen molar-refractivity contribution in [3.05, 3.63) is 95.8 Å². The van der Waals surface area contributed by atoms with Crippen molar-refractivity contribution in [2.75, 3.05) is 26.2 Å². The molecule has 0 radical (unpaired) electrons. The van der Waals surface area contributed by atoms with Crippen LogP contribution in [-0.2, 0) is 6.42 Å². The SMILES string of the molecule is CCCCN(CCC)CCOc1ccc(Cc2c(-c3ccccc3F)ccc3cc(O)ccc23)cc1. The predicted molar refractivity (Wildman–Crippen MR) is 147 cm³/mol. The van der Waals surface area contributed by atoms with Gasteiger partial charge in [0, 0.05) is 12.1 Å². The molecule has 0 atom stereocenters. The lowest BCUT2D eigenvalue weighted by atomic mass is 9.90. The Morgan fingerprint density at radius 2 is 1.61 bits per heavy atom. The molecule has 36 heavy (non-hydrogen) atoms. The number of halogens is 1. The van der Waals surface area contributed by atoms with Crippen LogP contribution in [0.2, 0.25) is 0 Å². The number of rotatable bonds is 12. The number of benzene rings is 4. The first kappa shape index (κ1) is 25.7. The Labute approximate surface area is 214 Å². The van der Waals surface area contributed by atoms with Gasteiger partial charge in [0.25, 0.3) is 0 Å². The lowest BCUT2D eigenvalue weighted by Gasteiger charge is -2.21. The molecule has 0 bridgehead atoms. The van der Waals surface area contributed by atoms with E-state index in [1.807, 2.05) is 42.5 Å². The summed E-state index contributed by atoms with van der Waals surface area (Å²) in [7, 11) is 0. The Morgan fingerprint density at radius 1 is 0.806 bits per heavy atom. The molecule has 0 aliphatic carbocycles. The van der Waals surface area contributed by atoms with Crippen molar-refractivity contribution in [3.8, 4) is 22.6 Å². The highest BCUT2D eigenvalue weighted by atomic mass is 19.1. The van der Waals surface area contributed by atoms with Gasteiger partial charge in [-0.15, -0.1) is 0 Å². The van der Waals surface area contributed by atoms with Gasteiger partial charge >= 0.3 is 0 Å². The maximum Gasteiger partial charge on any atom is 0.131 e. The van der Waals surface area contributed by atoms with Crippen LogP contribution < -0.4 is 4.74 Å². The Bertz CT molecular complexity index is 1270. The molecule has 0 heterocycles. The monoisotopic (exact) mass is 485 g/mol. The van der Waals surface area contributed by atoms with Crippen molar-refractivity contribution in [1.29, 1.82) is 0 Å². The van der Waals surface area contributed by atoms with Gasteiger partial charge in [-0.2, -0.15) is 0 Å². The van der Waals surface area contributed by atoms with Crippen LogP contribution in [0.1, 0.15) is 44.2 Å². The molecule has 4 aromatic carbocycles. The van der Waals surface area contributed by atoms with Crippen molar-refractivity contribution < 1.29 is 14.2 Å². The predicted octanol–water partition coefficient (Wildman–Crippen LogP) is 7.83. The highest BCUT2D eigenvalue weighted by molar-refractivity contribution is 5.93. The molecule has 0 spiro atoms. The lowest BCUT2D eigenvalue weighted by Crippen LogP contribution is -2.30. The zero-order valence-corrected chi connectivity index (χ0v) is 21.3. The number of phenolic OH excluding ortho intramolecular Hbond substituents is 1. The summed E-state index contributed by atoms with van der Waals surface area (Å²) in [5, 5.41) is 11.9. The summed E-state index contributed by atoms with van der Waals surface area (Å²) in [6.07, 6.45) is 4.23. The van der Waals surface area contributed by atoms with Crippen molar-refractivity contribution in [2.45, 2.75) is 39.5 Å². The minimum Gasteiger partial charge on any atom is -0.508 e. The first-order valence-corrected chi connectivity index (χ1v) is 13.0. The van der Waals surface area contributed by atoms with E-state index in [0.29, 0.717) is 18.6 Å². The van der Waals surface area contributed by atoms with E-state index in [9.17, 15) is 9.50 Å². The zero-order valence-electron chi connectivity index (χ0n) is 21.3. The molecule has 0 saturated heterocycles. The van der Waals surface area contributed by atoms with Crippen LogP contribution >= 0.6 is 0 Å². The molecule has 0 aromatic heterocycles. The van der Waals surface area contributed by atoms with Gasteiger partial charge in [-0.3, -0.25) is 4.90 Å². The Kier molecular flexibility index (Phi) is 8.96. The third kappa shape index (κ3) is 6.44. The number of nitrogens with zero attached hydrogens (tertiary/aromatic N) is 1. The van der Waals surface area contributed by atoms with Crippen LogP contribution in [0, 0.1) is 5.82 Å². The van der Waals surface area contributed by atoms with Crippen molar-refractivity contribution >= 4 is 10.8 Å². The van der Waals surface area contributed by atoms with E-state index < -0.39 is 0 Å². The number of hydrogen-bond donors (Lipinski definition) is 1. The molecule has 0 amide bonds. The van der Waals surface area contributed by atoms with E-state index in [-0.39, 0.29) is 11.6 Å². The summed E-state index contributed by atoms with van der Waals surface area (Å²) in [5.74, 6) is 0.848. The smallest absolute Gasteiger partial charge is 0.131 e. The average molecular weight is 486 g/mol. The average Bonchev–Trinajstić information content (AvgIpc) is 2.89. The van der Waals surface area contributed by atoms with Gasteiger partial charge in [-0.05, 0) is 90.1 Å². The number of phenols is 1. The second kappa shape index (κ2) is 12.5. The number of unbranched alkanes of at least 4 members (excludes halogenated alkanes) is 1. The Morgan fingerprint density at radius 3 is 2.36 bits per heavy atom. The van der Waals surface area contributed by atoms with Gasteiger partial charge < -0.3 is 9.84 Å². The first-order valence-electron chi connectivity index (χ1n) is 13.0. The van der Waals surface area contributed by atoms with Crippen LogP contribution in [0.15, 0.2) is 78.9 Å². The second-order valence-electron chi connectivity index (χ2n) is 9.34. The molecular weight excluding hydrogens is 449 g/mol. The zero-order chi connectivity index (χ0) is 25.3. The largest absolute Gasteiger partial charge is 0.508 e. The molecule has 0 fully saturated rings. The van der Waals surface area contributed by atoms with Gasteiger partial charge in [0.15, 0.2) is 0 Å². The van der Waals surface area contributed by atoms with Crippen LogP contribution in [0.3, 0.4) is 0 Å². The van der Waals surface area contributed by atoms with Gasteiger partial charge in [-0.25, -0.2) is 4.39 Å². The number of aromatic hydroxyl groups is 1. The lowest BCUT2D eigenvalue weighted by molar-refractivity contribution is 0.206. The first-order chi connectivity index (χ1) is 17.6. The summed E-state index contributed by atoms with van der Waals surface area (Å²) in [5.41, 5.74) is 3.62. The third-order valence-corrected chi connectivity index (χ3v) is 6.63. The van der Waals surface area contributed by atoms with E-state index in [0.717, 1.165) is 59.3 Å². The molecule has 0 saturated carbocycles. The standard InChI is InChI=1S/C32H36FNO2/c1-3-5-19-34(18-4-2)20-21-36-27-14-10-24(11-15-27)22-31-28-17-13-26(35)23-25(28)12-16-29(31)30-8-6-7-9-32(30)33/h6-17,23,35H,3-5,18-22H2,1-2H3. The van der Waals surface area contributed by atoms with Crippen molar-refractivity contribution in [3.63, 3.8) is 0 Å². The van der Waals surface area contributed by atoms with Crippen LogP contribution in [-0.4, -0.2) is 36.2 Å². The fourth-order valence-corrected chi connectivity index (χ4v) is 4.74. The molecule has 4 rings (SSSR count). The maximum absolute atomic E-state index is 14.7. The molecule has 188 valence electrons. The summed E-state index contributed by atoms with van der Waals surface area (Å²) in [6, 6.07) is 24.4. The normalized spacial score (nSPS) is 11.3. The minimum absolute atomic E-state index is 0.223. The van der Waals surface area contributed by atoms with Crippen LogP contribution in [0.5, 0.6) is 11.5 Å². The molecule has 4 aromatic rings. The summed E-state index contributed by atoms with van der Waals surface area (Å²) in [4.78, 5) is 2.47. The highest BCUT2D eigenvalue weighted by Gasteiger charge is 2.14. The van der Waals surface area contributed by atoms with E-state index in [2.05, 4.69) is 30.9 Å². The van der Waals surface area contributed by atoms with Gasteiger partial charge in [0.05, 0.1) is 0 Å². The van der Waals surface area contributed by atoms with Gasteiger partial charge in [0.2, 0.25) is 0 Å². The molecule has 1 N–H and O–H groups in total. The van der Waals surface area contributed by atoms with Crippen LogP contribution in [0.4, 0.5) is 4.39 Å². The third-order valence-electron chi connectivity index (χ3n) is 6.63. The van der Waals surface area contributed by atoms with Crippen molar-refractivity contribution in [1.82, 2.24) is 4.90 Å².